The molecule has 36 valence electrons. The Morgan fingerprint density at radius 2 is 0.714 bits per heavy atom. The Morgan fingerprint density at radius 3 is 0.714 bits per heavy atom. The van der Waals surface area contributed by atoms with E-state index in [9.17, 15) is 0 Å². The van der Waals surface area contributed by atoms with E-state index in [2.05, 4.69) is 0 Å². The normalized spacial score (nSPS) is 8.57. The summed E-state index contributed by atoms with van der Waals surface area (Å²) in [4.78, 5) is 29.3. The Balaban J connectivity index is -0.0000000800. The van der Waals surface area contributed by atoms with Crippen LogP contribution in [0.15, 0.2) is 0 Å². The van der Waals surface area contributed by atoms with Crippen LogP contribution in [-0.2, 0) is 0 Å². The van der Waals surface area contributed by atoms with Crippen LogP contribution in [0.1, 0.15) is 0 Å². The largest absolute Gasteiger partial charge is 0.668 e. The zero-order valence-corrected chi connectivity index (χ0v) is 9.12. The predicted octanol–water partition coefficient (Wildman–Crippen LogP) is -3.37. The van der Waals surface area contributed by atoms with Crippen LogP contribution in [0.4, 0.5) is 0 Å². The standard InChI is InChI=1S/2Ca.H4O4Si/c;;1-5(2,3)4/h;;1-4H. The molecule has 0 aliphatic carbocycles. The van der Waals surface area contributed by atoms with Crippen molar-refractivity contribution in [1.29, 1.82) is 0 Å². The Labute approximate surface area is 102 Å². The quantitative estimate of drug-likeness (QED) is 0.290. The summed E-state index contributed by atoms with van der Waals surface area (Å²) < 4.78 is 0. The Hall–Kier alpha value is 2.58. The van der Waals surface area contributed by atoms with Gasteiger partial charge in [-0.2, -0.15) is 0 Å². The van der Waals surface area contributed by atoms with E-state index >= 15 is 0 Å². The molecule has 4 nitrogen and oxygen atoms in total. The van der Waals surface area contributed by atoms with Gasteiger partial charge in [0.25, 0.3) is 0 Å². The van der Waals surface area contributed by atoms with Crippen molar-refractivity contribution in [2.45, 2.75) is 0 Å². The molecule has 0 atom stereocenters. The maximum atomic E-state index is 7.33. The third-order valence-electron chi connectivity index (χ3n) is 0. The Morgan fingerprint density at radius 1 is 0.714 bits per heavy atom. The zero-order chi connectivity index (χ0) is 4.50. The van der Waals surface area contributed by atoms with Crippen molar-refractivity contribution < 1.29 is 19.2 Å². The van der Waals surface area contributed by atoms with Crippen molar-refractivity contribution in [2.75, 3.05) is 0 Å². The van der Waals surface area contributed by atoms with E-state index in [0.29, 0.717) is 0 Å². The fraction of sp³-hybridized carbons (Fsp3) is 0. The van der Waals surface area contributed by atoms with Crippen molar-refractivity contribution >= 4 is 84.5 Å². The molecular weight excluding hydrogens is 172 g/mol. The molecule has 7 heteroatoms. The van der Waals surface area contributed by atoms with Crippen LogP contribution in [0.25, 0.3) is 0 Å². The monoisotopic (exact) mass is 176 g/mol. The first-order valence-electron chi connectivity index (χ1n) is 0.894. The van der Waals surface area contributed by atoms with E-state index in [0.717, 1.165) is 0 Å². The van der Waals surface area contributed by atoms with Gasteiger partial charge >= 0.3 is 9.05 Å². The smallest absolute Gasteiger partial charge is 0.368 e. The molecule has 4 N–H and O–H groups in total. The third-order valence-corrected chi connectivity index (χ3v) is 0. The van der Waals surface area contributed by atoms with Gasteiger partial charge in [-0.05, 0) is 0 Å². The maximum absolute atomic E-state index is 7.33. The van der Waals surface area contributed by atoms with Gasteiger partial charge in [-0.3, -0.25) is 0 Å². The summed E-state index contributed by atoms with van der Waals surface area (Å²) >= 11 is 0. The summed E-state index contributed by atoms with van der Waals surface area (Å²) in [6.45, 7) is 0. The van der Waals surface area contributed by atoms with Gasteiger partial charge in [-0.25, -0.2) is 0 Å². The van der Waals surface area contributed by atoms with Gasteiger partial charge in [0.05, 0.1) is 0 Å². The molecule has 0 aromatic carbocycles. The van der Waals surface area contributed by atoms with Gasteiger partial charge in [0.15, 0.2) is 0 Å². The van der Waals surface area contributed by atoms with Crippen LogP contribution in [0.3, 0.4) is 0 Å². The second kappa shape index (κ2) is 6.69. The van der Waals surface area contributed by atoms with Crippen LogP contribution in [0, 0.1) is 0 Å². The minimum atomic E-state index is -4.61. The van der Waals surface area contributed by atoms with Gasteiger partial charge in [-0.1, -0.05) is 0 Å². The number of hydrogen-bond donors (Lipinski definition) is 4. The molecule has 0 bridgehead atoms. The molecule has 0 amide bonds. The third kappa shape index (κ3) is 55.9. The summed E-state index contributed by atoms with van der Waals surface area (Å²) in [7, 11) is -4.61. The summed E-state index contributed by atoms with van der Waals surface area (Å²) in [5.41, 5.74) is 0. The molecule has 0 fully saturated rings. The fourth-order valence-corrected chi connectivity index (χ4v) is 0. The topological polar surface area (TPSA) is 80.9 Å². The summed E-state index contributed by atoms with van der Waals surface area (Å²) in [5, 5.41) is 0. The Bertz CT molecular complexity index is 25.2. The van der Waals surface area contributed by atoms with E-state index in [1.165, 1.54) is 0 Å². The van der Waals surface area contributed by atoms with Crippen molar-refractivity contribution in [3.63, 3.8) is 0 Å². The SMILES string of the molecule is O[Si](O)(O)O.[Ca].[Ca]. The molecule has 4 radical (unpaired) electrons. The molecule has 0 aromatic heterocycles. The van der Waals surface area contributed by atoms with E-state index in [-0.39, 0.29) is 75.5 Å². The molecular formula is H4Ca2O4Si. The van der Waals surface area contributed by atoms with Gasteiger partial charge in [0.2, 0.25) is 0 Å². The molecule has 0 aromatic rings. The average molecular weight is 176 g/mol. The van der Waals surface area contributed by atoms with Crippen molar-refractivity contribution in [2.24, 2.45) is 0 Å². The van der Waals surface area contributed by atoms with Crippen molar-refractivity contribution in [1.82, 2.24) is 0 Å². The first-order chi connectivity index (χ1) is 2.00. The maximum Gasteiger partial charge on any atom is 0.668 e. The number of rotatable bonds is 0. The van der Waals surface area contributed by atoms with Gasteiger partial charge in [0.1, 0.15) is 0 Å². The second-order valence-corrected chi connectivity index (χ2v) is 1.80. The molecule has 0 unspecified atom stereocenters. The number of hydrogen-bond acceptors (Lipinski definition) is 4. The fourth-order valence-electron chi connectivity index (χ4n) is 0. The molecule has 0 saturated heterocycles. The van der Waals surface area contributed by atoms with E-state index in [4.69, 9.17) is 19.2 Å². The Kier molecular flexibility index (Phi) is 15.6. The summed E-state index contributed by atoms with van der Waals surface area (Å²) in [6.07, 6.45) is 0. The molecule has 0 saturated carbocycles. The molecule has 7 heavy (non-hydrogen) atoms. The van der Waals surface area contributed by atoms with Crippen LogP contribution < -0.4 is 0 Å². The van der Waals surface area contributed by atoms with E-state index in [1.54, 1.807) is 0 Å². The van der Waals surface area contributed by atoms with Gasteiger partial charge in [0, 0.05) is 75.5 Å². The van der Waals surface area contributed by atoms with Crippen LogP contribution in [0.2, 0.25) is 0 Å². The molecule has 0 spiro atoms. The summed E-state index contributed by atoms with van der Waals surface area (Å²) in [6, 6.07) is 0. The van der Waals surface area contributed by atoms with E-state index in [1.807, 2.05) is 0 Å². The van der Waals surface area contributed by atoms with Gasteiger partial charge < -0.3 is 19.2 Å². The summed E-state index contributed by atoms with van der Waals surface area (Å²) in [5.74, 6) is 0. The van der Waals surface area contributed by atoms with Crippen molar-refractivity contribution in [3.8, 4) is 0 Å². The van der Waals surface area contributed by atoms with Crippen LogP contribution >= 0.6 is 0 Å². The predicted molar refractivity (Wildman–Crippen MR) is 26.1 cm³/mol. The van der Waals surface area contributed by atoms with Crippen LogP contribution in [0.5, 0.6) is 0 Å². The molecule has 0 aliphatic rings. The molecule has 0 heterocycles. The van der Waals surface area contributed by atoms with Crippen LogP contribution in [-0.4, -0.2) is 104 Å². The molecule has 0 aliphatic heterocycles. The van der Waals surface area contributed by atoms with E-state index < -0.39 is 9.05 Å². The minimum absolute atomic E-state index is 0. The zero-order valence-electron chi connectivity index (χ0n) is 3.70. The molecule has 0 rings (SSSR count). The first-order valence-corrected chi connectivity index (χ1v) is 2.68. The minimum Gasteiger partial charge on any atom is -0.368 e. The first kappa shape index (κ1) is 16.3. The second-order valence-electron chi connectivity index (χ2n) is 0.600. The van der Waals surface area contributed by atoms with Crippen molar-refractivity contribution in [3.05, 3.63) is 0 Å². The average Bonchev–Trinajstić information content (AvgIpc) is 0.722. The van der Waals surface area contributed by atoms with Gasteiger partial charge in [-0.15, -0.1) is 0 Å².